The summed E-state index contributed by atoms with van der Waals surface area (Å²) in [6.07, 6.45) is -1.54. The summed E-state index contributed by atoms with van der Waals surface area (Å²) in [6.45, 7) is -0.436. The van der Waals surface area contributed by atoms with E-state index in [9.17, 15) is 23.1 Å². The first kappa shape index (κ1) is 20.7. The van der Waals surface area contributed by atoms with E-state index in [1.54, 1.807) is 10.6 Å². The van der Waals surface area contributed by atoms with E-state index in [1.807, 2.05) is 0 Å². The first-order valence-electron chi connectivity index (χ1n) is 8.80. The van der Waals surface area contributed by atoms with Gasteiger partial charge in [-0.3, -0.25) is 4.57 Å². The van der Waals surface area contributed by atoms with Crippen molar-refractivity contribution in [2.75, 3.05) is 7.11 Å². The van der Waals surface area contributed by atoms with Gasteiger partial charge in [-0.05, 0) is 6.07 Å². The molecule has 0 saturated heterocycles. The van der Waals surface area contributed by atoms with Crippen molar-refractivity contribution in [2.45, 2.75) is 12.8 Å². The second-order valence-electron chi connectivity index (χ2n) is 6.36. The van der Waals surface area contributed by atoms with Crippen LogP contribution in [-0.4, -0.2) is 32.7 Å². The topological polar surface area (TPSA) is 86.5 Å². The third-order valence-corrected chi connectivity index (χ3v) is 5.54. The molecule has 7 nitrogen and oxygen atoms in total. The van der Waals surface area contributed by atoms with E-state index in [0.717, 1.165) is 17.4 Å². The molecule has 3 aromatic heterocycles. The van der Waals surface area contributed by atoms with Crippen LogP contribution in [0.2, 0.25) is 0 Å². The fourth-order valence-electron chi connectivity index (χ4n) is 3.00. The minimum absolute atomic E-state index is 0.0349. The molecule has 0 aliphatic heterocycles. The first-order chi connectivity index (χ1) is 14.8. The summed E-state index contributed by atoms with van der Waals surface area (Å²) < 4.78 is 51.9. The number of benzene rings is 1. The van der Waals surface area contributed by atoms with Crippen LogP contribution in [0.4, 0.5) is 13.2 Å². The highest BCUT2D eigenvalue weighted by atomic mass is 32.1. The van der Waals surface area contributed by atoms with Crippen molar-refractivity contribution >= 4 is 28.3 Å². The normalized spacial score (nSPS) is 11.6. The Balaban J connectivity index is 1.69. The molecule has 31 heavy (non-hydrogen) atoms. The minimum atomic E-state index is -4.54. The lowest BCUT2D eigenvalue weighted by atomic mass is 10.1. The molecule has 3 heterocycles. The highest BCUT2D eigenvalue weighted by molar-refractivity contribution is 7.16. The van der Waals surface area contributed by atoms with E-state index < -0.39 is 24.3 Å². The average molecular weight is 449 g/mol. The monoisotopic (exact) mass is 449 g/mol. The highest BCUT2D eigenvalue weighted by Crippen LogP contribution is 2.36. The minimum Gasteiger partial charge on any atom is -0.487 e. The van der Waals surface area contributed by atoms with Gasteiger partial charge in [0.2, 0.25) is 5.88 Å². The summed E-state index contributed by atoms with van der Waals surface area (Å²) in [5, 5.41) is 10.0. The number of rotatable bonds is 6. The molecule has 11 heteroatoms. The number of carboxylic acid groups (broad SMARTS) is 1. The zero-order valence-corrected chi connectivity index (χ0v) is 16.7. The van der Waals surface area contributed by atoms with Crippen LogP contribution in [-0.2, 0) is 12.8 Å². The van der Waals surface area contributed by atoms with Crippen LogP contribution < -0.4 is 9.47 Å². The number of carbonyl (C=O) groups is 1. The van der Waals surface area contributed by atoms with Crippen molar-refractivity contribution in [3.63, 3.8) is 0 Å². The number of fused-ring (bicyclic) bond motifs is 1. The number of pyridine rings is 1. The predicted octanol–water partition coefficient (Wildman–Crippen LogP) is 4.79. The van der Waals surface area contributed by atoms with Crippen molar-refractivity contribution in [3.05, 3.63) is 64.9 Å². The summed E-state index contributed by atoms with van der Waals surface area (Å²) in [6, 6.07) is 8.09. The van der Waals surface area contributed by atoms with E-state index in [4.69, 9.17) is 9.47 Å². The largest absolute Gasteiger partial charge is 0.487 e. The van der Waals surface area contributed by atoms with Crippen LogP contribution in [0.15, 0.2) is 48.9 Å². The van der Waals surface area contributed by atoms with Crippen LogP contribution in [0.25, 0.3) is 16.0 Å². The van der Waals surface area contributed by atoms with Crippen molar-refractivity contribution in [1.82, 2.24) is 14.5 Å². The number of aromatic carboxylic acids is 1. The fourth-order valence-corrected chi connectivity index (χ4v) is 3.92. The van der Waals surface area contributed by atoms with Crippen molar-refractivity contribution in [2.24, 2.45) is 0 Å². The Morgan fingerprint density at radius 1 is 1.23 bits per heavy atom. The molecule has 0 saturated carbocycles. The smallest absolute Gasteiger partial charge is 0.416 e. The van der Waals surface area contributed by atoms with Crippen LogP contribution in [0.1, 0.15) is 20.8 Å². The lowest BCUT2D eigenvalue weighted by molar-refractivity contribution is -0.138. The molecule has 0 radical (unpaired) electrons. The summed E-state index contributed by atoms with van der Waals surface area (Å²) >= 11 is 0.913. The Morgan fingerprint density at radius 3 is 2.71 bits per heavy atom. The molecular weight excluding hydrogens is 435 g/mol. The molecule has 0 aliphatic carbocycles. The van der Waals surface area contributed by atoms with Gasteiger partial charge in [-0.1, -0.05) is 18.2 Å². The van der Waals surface area contributed by atoms with Gasteiger partial charge in [0.15, 0.2) is 4.88 Å². The SMILES string of the molecule is COc1cc2c(cn1)ncn2-c1cc(OCc2ccccc2C(F)(F)F)c(C(=O)O)s1. The number of methoxy groups -OCH3 is 1. The Labute approximate surface area is 177 Å². The van der Waals surface area contributed by atoms with Gasteiger partial charge in [0, 0.05) is 17.7 Å². The Bertz CT molecular complexity index is 1270. The number of nitrogens with zero attached hydrogens (tertiary/aromatic N) is 3. The Kier molecular flexibility index (Phi) is 5.27. The second kappa shape index (κ2) is 7.91. The summed E-state index contributed by atoms with van der Waals surface area (Å²) in [7, 11) is 1.47. The van der Waals surface area contributed by atoms with Crippen molar-refractivity contribution in [3.8, 4) is 16.6 Å². The molecule has 0 aliphatic rings. The maximum Gasteiger partial charge on any atom is 0.416 e. The van der Waals surface area contributed by atoms with Crippen molar-refractivity contribution in [1.29, 1.82) is 0 Å². The van der Waals surface area contributed by atoms with E-state index >= 15 is 0 Å². The van der Waals surface area contributed by atoms with Crippen LogP contribution in [0.5, 0.6) is 11.6 Å². The number of thiophene rings is 1. The molecule has 4 rings (SSSR count). The highest BCUT2D eigenvalue weighted by Gasteiger charge is 2.33. The summed E-state index contributed by atoms with van der Waals surface area (Å²) in [5.41, 5.74) is 0.261. The number of aromatic nitrogens is 3. The maximum atomic E-state index is 13.2. The molecule has 0 spiro atoms. The quantitative estimate of drug-likeness (QED) is 0.456. The lowest BCUT2D eigenvalue weighted by Crippen LogP contribution is -2.11. The number of carboxylic acids is 1. The standard InChI is InChI=1S/C20H14F3N3O4S/c1-29-16-6-14-13(8-24-16)25-10-26(14)17-7-15(18(31-17)19(27)28)30-9-11-4-2-3-5-12(11)20(21,22)23/h2-8,10H,9H2,1H3,(H,27,28). The van der Waals surface area contributed by atoms with E-state index in [1.165, 1.54) is 43.9 Å². The number of ether oxygens (including phenoxy) is 2. The molecule has 1 aromatic carbocycles. The number of hydrogen-bond donors (Lipinski definition) is 1. The second-order valence-corrected chi connectivity index (χ2v) is 7.39. The van der Waals surface area contributed by atoms with Gasteiger partial charge in [0.1, 0.15) is 29.2 Å². The zero-order chi connectivity index (χ0) is 22.2. The molecule has 4 aromatic rings. The molecule has 0 atom stereocenters. The van der Waals surface area contributed by atoms with Gasteiger partial charge in [0.25, 0.3) is 0 Å². The Morgan fingerprint density at radius 2 is 2.00 bits per heavy atom. The lowest BCUT2D eigenvalue weighted by Gasteiger charge is -2.13. The number of halogens is 3. The molecule has 160 valence electrons. The molecule has 1 N–H and O–H groups in total. The Hall–Kier alpha value is -3.60. The molecule has 0 unspecified atom stereocenters. The third-order valence-electron chi connectivity index (χ3n) is 4.44. The third kappa shape index (κ3) is 4.04. The summed E-state index contributed by atoms with van der Waals surface area (Å²) in [4.78, 5) is 19.9. The summed E-state index contributed by atoms with van der Waals surface area (Å²) in [5.74, 6) is -0.934. The number of alkyl halides is 3. The van der Waals surface area contributed by atoms with Crippen LogP contribution >= 0.6 is 11.3 Å². The molecule has 0 bridgehead atoms. The van der Waals surface area contributed by atoms with E-state index in [-0.39, 0.29) is 16.2 Å². The van der Waals surface area contributed by atoms with Gasteiger partial charge in [0.05, 0.1) is 24.4 Å². The number of hydrogen-bond acceptors (Lipinski definition) is 6. The zero-order valence-electron chi connectivity index (χ0n) is 15.9. The molecule has 0 fully saturated rings. The average Bonchev–Trinajstić information content (AvgIpc) is 3.35. The molecular formula is C20H14F3N3O4S. The van der Waals surface area contributed by atoms with Gasteiger partial charge < -0.3 is 14.6 Å². The maximum absolute atomic E-state index is 13.2. The van der Waals surface area contributed by atoms with E-state index in [0.29, 0.717) is 21.9 Å². The van der Waals surface area contributed by atoms with Crippen LogP contribution in [0.3, 0.4) is 0 Å². The van der Waals surface area contributed by atoms with Crippen LogP contribution in [0, 0.1) is 0 Å². The van der Waals surface area contributed by atoms with Gasteiger partial charge in [-0.2, -0.15) is 13.2 Å². The van der Waals surface area contributed by atoms with Gasteiger partial charge in [-0.15, -0.1) is 11.3 Å². The van der Waals surface area contributed by atoms with Gasteiger partial charge in [-0.25, -0.2) is 14.8 Å². The first-order valence-corrected chi connectivity index (χ1v) is 9.62. The fraction of sp³-hybridized carbons (Fsp3) is 0.150. The predicted molar refractivity (Wildman–Crippen MR) is 106 cm³/mol. The number of imidazole rings is 1. The van der Waals surface area contributed by atoms with E-state index in [2.05, 4.69) is 9.97 Å². The van der Waals surface area contributed by atoms with Crippen molar-refractivity contribution < 1.29 is 32.5 Å². The van der Waals surface area contributed by atoms with Gasteiger partial charge >= 0.3 is 12.1 Å². The molecule has 0 amide bonds.